The van der Waals surface area contributed by atoms with Gasteiger partial charge in [-0.3, -0.25) is 4.79 Å². The lowest BCUT2D eigenvalue weighted by atomic mass is 10.3. The second-order valence-corrected chi connectivity index (χ2v) is 9.48. The van der Waals surface area contributed by atoms with Gasteiger partial charge in [0.05, 0.1) is 16.3 Å². The van der Waals surface area contributed by atoms with Gasteiger partial charge in [-0.1, -0.05) is 6.07 Å². The summed E-state index contributed by atoms with van der Waals surface area (Å²) in [7, 11) is -8.01. The lowest BCUT2D eigenvalue weighted by molar-refractivity contribution is -0.115. The molecule has 0 spiro atoms. The number of aromatic nitrogens is 2. The van der Waals surface area contributed by atoms with Crippen molar-refractivity contribution in [1.29, 1.82) is 0 Å². The highest BCUT2D eigenvalue weighted by Gasteiger charge is 2.17. The van der Waals surface area contributed by atoms with Crippen molar-refractivity contribution in [3.05, 3.63) is 72.8 Å². The number of sulfonamides is 2. The van der Waals surface area contributed by atoms with E-state index in [4.69, 9.17) is 0 Å². The molecule has 10 nitrogen and oxygen atoms in total. The molecule has 0 aliphatic rings. The van der Waals surface area contributed by atoms with E-state index in [1.54, 1.807) is 0 Å². The molecule has 0 saturated carbocycles. The second kappa shape index (κ2) is 9.16. The molecule has 3 N–H and O–H groups in total. The van der Waals surface area contributed by atoms with Crippen molar-refractivity contribution in [3.8, 4) is 0 Å². The normalized spacial score (nSPS) is 11.6. The Morgan fingerprint density at radius 3 is 2.19 bits per heavy atom. The van der Waals surface area contributed by atoms with Crippen molar-refractivity contribution >= 4 is 37.6 Å². The minimum Gasteiger partial charge on any atom is -0.325 e. The topological polar surface area (TPSA) is 147 Å². The zero-order chi connectivity index (χ0) is 22.5. The van der Waals surface area contributed by atoms with Crippen LogP contribution >= 0.6 is 0 Å². The monoisotopic (exact) mass is 465 g/mol. The van der Waals surface area contributed by atoms with Crippen LogP contribution in [-0.4, -0.2) is 39.3 Å². The number of nitrogens with one attached hydrogen (secondary N) is 3. The van der Waals surface area contributed by atoms with Gasteiger partial charge in [0.25, 0.3) is 10.0 Å². The summed E-state index contributed by atoms with van der Waals surface area (Å²) >= 11 is 0. The summed E-state index contributed by atoms with van der Waals surface area (Å²) in [5.41, 5.74) is 0.241. The maximum atomic E-state index is 13.2. The van der Waals surface area contributed by atoms with E-state index in [2.05, 4.69) is 24.7 Å². The summed E-state index contributed by atoms with van der Waals surface area (Å²) in [5.74, 6) is -1.52. The number of carbonyl (C=O) groups excluding carboxylic acids is 1. The van der Waals surface area contributed by atoms with Gasteiger partial charge in [-0.05, 0) is 48.5 Å². The molecule has 3 aromatic rings. The summed E-state index contributed by atoms with van der Waals surface area (Å²) in [5, 5.41) is 2.43. The van der Waals surface area contributed by atoms with Crippen LogP contribution in [0.25, 0.3) is 0 Å². The lowest BCUT2D eigenvalue weighted by Crippen LogP contribution is -2.32. The molecule has 1 aromatic heterocycles. The first-order valence-electron chi connectivity index (χ1n) is 8.61. The minimum absolute atomic E-state index is 0.0922. The van der Waals surface area contributed by atoms with Gasteiger partial charge in [-0.15, -0.1) is 0 Å². The smallest absolute Gasteiger partial charge is 0.264 e. The van der Waals surface area contributed by atoms with Gasteiger partial charge in [0.2, 0.25) is 21.9 Å². The number of hydrogen-bond acceptors (Lipinski definition) is 7. The van der Waals surface area contributed by atoms with Crippen LogP contribution in [0, 0.1) is 5.82 Å². The van der Waals surface area contributed by atoms with Crippen LogP contribution in [0.5, 0.6) is 0 Å². The predicted octanol–water partition coefficient (Wildman–Crippen LogP) is 1.33. The summed E-state index contributed by atoms with van der Waals surface area (Å²) < 4.78 is 66.3. The Balaban J connectivity index is 1.60. The third-order valence-corrected chi connectivity index (χ3v) is 6.51. The molecular weight excluding hydrogens is 449 g/mol. The van der Waals surface area contributed by atoms with Crippen molar-refractivity contribution in [2.24, 2.45) is 0 Å². The first-order valence-corrected chi connectivity index (χ1v) is 11.6. The Hall–Kier alpha value is -3.42. The van der Waals surface area contributed by atoms with Crippen LogP contribution in [-0.2, 0) is 24.8 Å². The van der Waals surface area contributed by atoms with Crippen LogP contribution in [0.4, 0.5) is 16.0 Å². The first kappa shape index (κ1) is 22.3. The molecule has 13 heteroatoms. The molecule has 1 heterocycles. The maximum Gasteiger partial charge on any atom is 0.264 e. The van der Waals surface area contributed by atoms with E-state index in [1.165, 1.54) is 54.9 Å². The Morgan fingerprint density at radius 1 is 0.871 bits per heavy atom. The molecule has 0 atom stereocenters. The van der Waals surface area contributed by atoms with Crippen molar-refractivity contribution in [2.75, 3.05) is 16.6 Å². The highest BCUT2D eigenvalue weighted by Crippen LogP contribution is 2.16. The average Bonchev–Trinajstić information content (AvgIpc) is 2.73. The summed E-state index contributed by atoms with van der Waals surface area (Å²) in [4.78, 5) is 19.2. The van der Waals surface area contributed by atoms with Gasteiger partial charge in [-0.25, -0.2) is 40.6 Å². The highest BCUT2D eigenvalue weighted by molar-refractivity contribution is 7.92. The molecule has 0 saturated heterocycles. The minimum atomic E-state index is -4.08. The molecule has 31 heavy (non-hydrogen) atoms. The van der Waals surface area contributed by atoms with E-state index in [0.717, 1.165) is 12.1 Å². The molecule has 0 fully saturated rings. The Kier molecular flexibility index (Phi) is 6.58. The van der Waals surface area contributed by atoms with E-state index >= 15 is 0 Å². The average molecular weight is 465 g/mol. The fraction of sp³-hybridized carbons (Fsp3) is 0.0556. The molecule has 2 aromatic carbocycles. The SMILES string of the molecule is O=C(CNS(=O)(=O)c1cccc(F)c1)Nc1ccc(S(=O)(=O)Nc2ncccn2)cc1. The van der Waals surface area contributed by atoms with Crippen molar-refractivity contribution < 1.29 is 26.0 Å². The van der Waals surface area contributed by atoms with Gasteiger partial charge >= 0.3 is 0 Å². The van der Waals surface area contributed by atoms with E-state index in [-0.39, 0.29) is 21.4 Å². The Bertz CT molecular complexity index is 1280. The van der Waals surface area contributed by atoms with Gasteiger partial charge < -0.3 is 5.32 Å². The number of rotatable bonds is 8. The van der Waals surface area contributed by atoms with Crippen LogP contribution in [0.15, 0.2) is 76.8 Å². The van der Waals surface area contributed by atoms with Gasteiger partial charge in [0.15, 0.2) is 0 Å². The van der Waals surface area contributed by atoms with Crippen LogP contribution in [0.1, 0.15) is 0 Å². The number of halogens is 1. The number of anilines is 2. The number of carbonyl (C=O) groups is 1. The van der Waals surface area contributed by atoms with E-state index < -0.39 is 38.3 Å². The molecule has 0 aliphatic heterocycles. The molecule has 0 bridgehead atoms. The number of benzene rings is 2. The fourth-order valence-corrected chi connectivity index (χ4v) is 4.30. The van der Waals surface area contributed by atoms with Crippen LogP contribution in [0.2, 0.25) is 0 Å². The third kappa shape index (κ3) is 6.04. The van der Waals surface area contributed by atoms with E-state index in [0.29, 0.717) is 0 Å². The van der Waals surface area contributed by atoms with Crippen molar-refractivity contribution in [2.45, 2.75) is 9.79 Å². The van der Waals surface area contributed by atoms with Gasteiger partial charge in [0, 0.05) is 18.1 Å². The van der Waals surface area contributed by atoms with Gasteiger partial charge in [0.1, 0.15) is 5.82 Å². The second-order valence-electron chi connectivity index (χ2n) is 6.03. The quantitative estimate of drug-likeness (QED) is 0.455. The summed E-state index contributed by atoms with van der Waals surface area (Å²) in [6.07, 6.45) is 2.76. The standard InChI is InChI=1S/C18H16FN5O5S2/c19-13-3-1-4-16(11-13)30(26,27)22-12-17(25)23-14-5-7-15(8-6-14)31(28,29)24-18-20-9-2-10-21-18/h1-11,22H,12H2,(H,23,25)(H,20,21,24). The molecule has 162 valence electrons. The maximum absolute atomic E-state index is 13.2. The Morgan fingerprint density at radius 2 is 1.55 bits per heavy atom. The first-order chi connectivity index (χ1) is 14.7. The highest BCUT2D eigenvalue weighted by atomic mass is 32.2. The van der Waals surface area contributed by atoms with Gasteiger partial charge in [-0.2, -0.15) is 0 Å². The van der Waals surface area contributed by atoms with Crippen LogP contribution in [0.3, 0.4) is 0 Å². The predicted molar refractivity (Wildman–Crippen MR) is 110 cm³/mol. The van der Waals surface area contributed by atoms with Crippen LogP contribution < -0.4 is 14.8 Å². The number of amides is 1. The Labute approximate surface area is 177 Å². The zero-order valence-electron chi connectivity index (χ0n) is 15.7. The lowest BCUT2D eigenvalue weighted by Gasteiger charge is -2.09. The fourth-order valence-electron chi connectivity index (χ4n) is 2.33. The van der Waals surface area contributed by atoms with E-state index in [1.807, 2.05) is 0 Å². The van der Waals surface area contributed by atoms with Crippen molar-refractivity contribution in [3.63, 3.8) is 0 Å². The molecule has 1 amide bonds. The summed E-state index contributed by atoms with van der Waals surface area (Å²) in [6.45, 7) is -0.605. The molecule has 0 aliphatic carbocycles. The molecule has 0 unspecified atom stereocenters. The summed E-state index contributed by atoms with van der Waals surface area (Å²) in [6, 6.07) is 11.0. The van der Waals surface area contributed by atoms with Crippen molar-refractivity contribution in [1.82, 2.24) is 14.7 Å². The third-order valence-electron chi connectivity index (χ3n) is 3.77. The zero-order valence-corrected chi connectivity index (χ0v) is 17.3. The molecule has 0 radical (unpaired) electrons. The number of hydrogen-bond donors (Lipinski definition) is 3. The van der Waals surface area contributed by atoms with E-state index in [9.17, 15) is 26.0 Å². The largest absolute Gasteiger partial charge is 0.325 e. The number of nitrogens with zero attached hydrogens (tertiary/aromatic N) is 2. The molecular formula is C18H16FN5O5S2. The molecule has 3 rings (SSSR count).